The molecule has 0 radical (unpaired) electrons. The Balaban J connectivity index is 2.17. The standard InChI is InChI=1S/C14H16BrClN2O2S/c1-9(16)14-17-12-7-10(15)4-5-13(12)18(14)11-3-2-6-21(19,20)8-11/h4-5,7,9,11H,2-3,6,8H2,1H3. The number of hydrogen-bond donors (Lipinski definition) is 0. The van der Waals surface area contributed by atoms with Crippen LogP contribution < -0.4 is 0 Å². The lowest BCUT2D eigenvalue weighted by atomic mass is 10.1. The zero-order valence-electron chi connectivity index (χ0n) is 11.6. The molecule has 0 spiro atoms. The van der Waals surface area contributed by atoms with Crippen molar-refractivity contribution in [1.82, 2.24) is 9.55 Å². The first-order valence-corrected chi connectivity index (χ1v) is 9.94. The minimum Gasteiger partial charge on any atom is -0.323 e. The van der Waals surface area contributed by atoms with E-state index in [1.165, 1.54) is 0 Å². The molecule has 1 fully saturated rings. The van der Waals surface area contributed by atoms with Crippen LogP contribution in [0.25, 0.3) is 11.0 Å². The fourth-order valence-electron chi connectivity index (χ4n) is 2.96. The number of halogens is 2. The summed E-state index contributed by atoms with van der Waals surface area (Å²) in [5.41, 5.74) is 1.79. The summed E-state index contributed by atoms with van der Waals surface area (Å²) in [4.78, 5) is 4.60. The quantitative estimate of drug-likeness (QED) is 0.731. The van der Waals surface area contributed by atoms with E-state index in [9.17, 15) is 8.42 Å². The first kappa shape index (κ1) is 15.3. The number of aromatic nitrogens is 2. The van der Waals surface area contributed by atoms with Gasteiger partial charge in [0, 0.05) is 10.5 Å². The van der Waals surface area contributed by atoms with E-state index < -0.39 is 9.84 Å². The highest BCUT2D eigenvalue weighted by molar-refractivity contribution is 9.10. The van der Waals surface area contributed by atoms with Crippen molar-refractivity contribution in [3.63, 3.8) is 0 Å². The van der Waals surface area contributed by atoms with Gasteiger partial charge in [-0.1, -0.05) is 15.9 Å². The SMILES string of the molecule is CC(Cl)c1nc2cc(Br)ccc2n1C1CCCS(=O)(=O)C1. The maximum Gasteiger partial charge on any atom is 0.152 e. The Labute approximate surface area is 137 Å². The summed E-state index contributed by atoms with van der Waals surface area (Å²) in [7, 11) is -2.98. The van der Waals surface area contributed by atoms with Gasteiger partial charge in [0.05, 0.1) is 27.9 Å². The van der Waals surface area contributed by atoms with Crippen molar-refractivity contribution in [3.05, 3.63) is 28.5 Å². The molecule has 0 saturated carbocycles. The summed E-state index contributed by atoms with van der Waals surface area (Å²) in [6.07, 6.45) is 1.54. The number of benzene rings is 1. The molecule has 21 heavy (non-hydrogen) atoms. The van der Waals surface area contributed by atoms with E-state index in [1.807, 2.05) is 29.7 Å². The number of hydrogen-bond acceptors (Lipinski definition) is 3. The monoisotopic (exact) mass is 390 g/mol. The molecule has 0 bridgehead atoms. The molecule has 1 aromatic carbocycles. The number of fused-ring (bicyclic) bond motifs is 1. The molecule has 0 N–H and O–H groups in total. The van der Waals surface area contributed by atoms with E-state index in [1.54, 1.807) is 0 Å². The van der Waals surface area contributed by atoms with Crippen LogP contribution in [0.4, 0.5) is 0 Å². The Kier molecular flexibility index (Phi) is 4.05. The molecule has 114 valence electrons. The normalized spacial score (nSPS) is 23.3. The molecule has 4 nitrogen and oxygen atoms in total. The predicted octanol–water partition coefficient (Wildman–Crippen LogP) is 3.85. The van der Waals surface area contributed by atoms with E-state index in [-0.39, 0.29) is 22.9 Å². The van der Waals surface area contributed by atoms with E-state index in [0.717, 1.165) is 27.8 Å². The van der Waals surface area contributed by atoms with Gasteiger partial charge in [-0.2, -0.15) is 0 Å². The van der Waals surface area contributed by atoms with Crippen molar-refractivity contribution in [2.75, 3.05) is 11.5 Å². The Bertz CT molecular complexity index is 786. The first-order valence-electron chi connectivity index (χ1n) is 6.89. The highest BCUT2D eigenvalue weighted by atomic mass is 79.9. The third-order valence-corrected chi connectivity index (χ3v) is 6.33. The Morgan fingerprint density at radius 2 is 2.24 bits per heavy atom. The highest BCUT2D eigenvalue weighted by Crippen LogP contribution is 2.33. The third kappa shape index (κ3) is 2.98. The molecule has 1 saturated heterocycles. The van der Waals surface area contributed by atoms with Crippen LogP contribution in [0.15, 0.2) is 22.7 Å². The molecular weight excluding hydrogens is 376 g/mol. The van der Waals surface area contributed by atoms with Crippen molar-refractivity contribution < 1.29 is 8.42 Å². The Morgan fingerprint density at radius 1 is 1.48 bits per heavy atom. The number of nitrogens with zero attached hydrogens (tertiary/aromatic N) is 2. The van der Waals surface area contributed by atoms with Gasteiger partial charge in [0.1, 0.15) is 5.82 Å². The molecule has 2 atom stereocenters. The van der Waals surface area contributed by atoms with E-state index in [4.69, 9.17) is 11.6 Å². The molecule has 2 aromatic rings. The molecule has 1 aliphatic heterocycles. The zero-order chi connectivity index (χ0) is 15.2. The average molecular weight is 392 g/mol. The van der Waals surface area contributed by atoms with Gasteiger partial charge >= 0.3 is 0 Å². The second-order valence-electron chi connectivity index (χ2n) is 5.50. The molecule has 2 unspecified atom stereocenters. The van der Waals surface area contributed by atoms with Crippen molar-refractivity contribution in [2.24, 2.45) is 0 Å². The van der Waals surface area contributed by atoms with Crippen LogP contribution in [0.2, 0.25) is 0 Å². The lowest BCUT2D eigenvalue weighted by Gasteiger charge is -2.26. The third-order valence-electron chi connectivity index (χ3n) is 3.84. The number of alkyl halides is 1. The van der Waals surface area contributed by atoms with Gasteiger partial charge in [0.15, 0.2) is 9.84 Å². The average Bonchev–Trinajstić information content (AvgIpc) is 2.76. The Hall–Kier alpha value is -0.590. The summed E-state index contributed by atoms with van der Waals surface area (Å²) < 4.78 is 26.9. The minimum absolute atomic E-state index is 0.0777. The smallest absolute Gasteiger partial charge is 0.152 e. The molecule has 1 aliphatic rings. The predicted molar refractivity (Wildman–Crippen MR) is 88.6 cm³/mol. The maximum absolute atomic E-state index is 12.0. The van der Waals surface area contributed by atoms with Crippen LogP contribution in [0.1, 0.15) is 37.0 Å². The molecule has 0 aliphatic carbocycles. The number of sulfone groups is 1. The van der Waals surface area contributed by atoms with Crippen LogP contribution in [-0.2, 0) is 9.84 Å². The van der Waals surface area contributed by atoms with Crippen LogP contribution >= 0.6 is 27.5 Å². The number of rotatable bonds is 2. The minimum atomic E-state index is -2.98. The summed E-state index contributed by atoms with van der Waals surface area (Å²) in [6.45, 7) is 1.87. The molecule has 1 aromatic heterocycles. The van der Waals surface area contributed by atoms with Gasteiger partial charge in [-0.25, -0.2) is 13.4 Å². The number of imidazole rings is 1. The van der Waals surface area contributed by atoms with Crippen molar-refractivity contribution >= 4 is 48.4 Å². The van der Waals surface area contributed by atoms with Gasteiger partial charge in [0.25, 0.3) is 0 Å². The van der Waals surface area contributed by atoms with Gasteiger partial charge in [0.2, 0.25) is 0 Å². The largest absolute Gasteiger partial charge is 0.323 e. The fourth-order valence-corrected chi connectivity index (χ4v) is 5.14. The van der Waals surface area contributed by atoms with Crippen molar-refractivity contribution in [3.8, 4) is 0 Å². The van der Waals surface area contributed by atoms with Crippen LogP contribution in [0.5, 0.6) is 0 Å². The van der Waals surface area contributed by atoms with Crippen LogP contribution in [0.3, 0.4) is 0 Å². The summed E-state index contributed by atoms with van der Waals surface area (Å²) in [6, 6.07) is 5.77. The summed E-state index contributed by atoms with van der Waals surface area (Å²) in [5, 5.41) is -0.263. The highest BCUT2D eigenvalue weighted by Gasteiger charge is 2.29. The second kappa shape index (κ2) is 5.56. The molecule has 2 heterocycles. The van der Waals surface area contributed by atoms with Crippen LogP contribution in [-0.4, -0.2) is 29.5 Å². The van der Waals surface area contributed by atoms with E-state index in [2.05, 4.69) is 20.9 Å². The zero-order valence-corrected chi connectivity index (χ0v) is 14.7. The lowest BCUT2D eigenvalue weighted by Crippen LogP contribution is -2.28. The molecule has 0 amide bonds. The summed E-state index contributed by atoms with van der Waals surface area (Å²) >= 11 is 9.70. The van der Waals surface area contributed by atoms with Gasteiger partial charge in [-0.3, -0.25) is 0 Å². The van der Waals surface area contributed by atoms with Gasteiger partial charge in [-0.15, -0.1) is 11.6 Å². The topological polar surface area (TPSA) is 52.0 Å². The lowest BCUT2D eigenvalue weighted by molar-refractivity contribution is 0.466. The molecule has 7 heteroatoms. The van der Waals surface area contributed by atoms with Crippen LogP contribution in [0, 0.1) is 0 Å². The van der Waals surface area contributed by atoms with Gasteiger partial charge in [-0.05, 0) is 38.0 Å². The maximum atomic E-state index is 12.0. The van der Waals surface area contributed by atoms with Crippen molar-refractivity contribution in [1.29, 1.82) is 0 Å². The molecule has 3 rings (SSSR count). The van der Waals surface area contributed by atoms with E-state index in [0.29, 0.717) is 6.42 Å². The van der Waals surface area contributed by atoms with Crippen molar-refractivity contribution in [2.45, 2.75) is 31.2 Å². The summed E-state index contributed by atoms with van der Waals surface area (Å²) in [5.74, 6) is 1.20. The Morgan fingerprint density at radius 3 is 2.90 bits per heavy atom. The fraction of sp³-hybridized carbons (Fsp3) is 0.500. The molecular formula is C14H16BrClN2O2S. The van der Waals surface area contributed by atoms with E-state index >= 15 is 0 Å². The second-order valence-corrected chi connectivity index (χ2v) is 9.30. The van der Waals surface area contributed by atoms with Gasteiger partial charge < -0.3 is 4.57 Å². The first-order chi connectivity index (χ1) is 9.87.